The highest BCUT2D eigenvalue weighted by atomic mass is 16.5. The van der Waals surface area contributed by atoms with Crippen molar-refractivity contribution in [2.24, 2.45) is 5.92 Å². The molecule has 0 spiro atoms. The number of hydrogen-bond acceptors (Lipinski definition) is 3. The van der Waals surface area contributed by atoms with Crippen LogP contribution in [-0.4, -0.2) is 36.5 Å². The molecule has 21 heavy (non-hydrogen) atoms. The second kappa shape index (κ2) is 7.67. The van der Waals surface area contributed by atoms with Gasteiger partial charge >= 0.3 is 6.09 Å². The fraction of sp³-hybridized carbons (Fsp3) is 0.500. The zero-order chi connectivity index (χ0) is 15.1. The molecule has 2 amide bonds. The SMILES string of the molecule is CC(=O)N1CCC(CNC(=O)OCc2ccccc2)CC1. The van der Waals surface area contributed by atoms with Crippen LogP contribution in [0.3, 0.4) is 0 Å². The van der Waals surface area contributed by atoms with Crippen LogP contribution in [0.5, 0.6) is 0 Å². The Morgan fingerprint density at radius 2 is 1.90 bits per heavy atom. The minimum Gasteiger partial charge on any atom is -0.445 e. The highest BCUT2D eigenvalue weighted by Crippen LogP contribution is 2.16. The Balaban J connectivity index is 1.62. The maximum absolute atomic E-state index is 11.6. The zero-order valence-corrected chi connectivity index (χ0v) is 12.4. The van der Waals surface area contributed by atoms with Crippen molar-refractivity contribution in [3.63, 3.8) is 0 Å². The van der Waals surface area contributed by atoms with E-state index in [0.29, 0.717) is 12.5 Å². The van der Waals surface area contributed by atoms with Gasteiger partial charge in [0, 0.05) is 26.6 Å². The average molecular weight is 290 g/mol. The maximum Gasteiger partial charge on any atom is 0.407 e. The first-order valence-corrected chi connectivity index (χ1v) is 7.35. The number of alkyl carbamates (subject to hydrolysis) is 1. The van der Waals surface area contributed by atoms with Crippen molar-refractivity contribution >= 4 is 12.0 Å². The molecule has 2 rings (SSSR count). The fourth-order valence-electron chi connectivity index (χ4n) is 2.45. The lowest BCUT2D eigenvalue weighted by molar-refractivity contribution is -0.130. The van der Waals surface area contributed by atoms with Crippen molar-refractivity contribution in [2.45, 2.75) is 26.4 Å². The highest BCUT2D eigenvalue weighted by molar-refractivity contribution is 5.73. The Labute approximate surface area is 125 Å². The van der Waals surface area contributed by atoms with Gasteiger partial charge in [-0.15, -0.1) is 0 Å². The first kappa shape index (κ1) is 15.4. The molecular formula is C16H22N2O3. The van der Waals surface area contributed by atoms with Crippen molar-refractivity contribution in [3.05, 3.63) is 35.9 Å². The molecule has 1 N–H and O–H groups in total. The third-order valence-electron chi connectivity index (χ3n) is 3.81. The number of amides is 2. The molecule has 0 saturated carbocycles. The Hall–Kier alpha value is -2.04. The van der Waals surface area contributed by atoms with Crippen LogP contribution in [0.25, 0.3) is 0 Å². The van der Waals surface area contributed by atoms with Crippen LogP contribution in [0.15, 0.2) is 30.3 Å². The van der Waals surface area contributed by atoms with E-state index in [2.05, 4.69) is 5.32 Å². The van der Waals surface area contributed by atoms with Crippen LogP contribution in [0.1, 0.15) is 25.3 Å². The van der Waals surface area contributed by atoms with Crippen LogP contribution in [0, 0.1) is 5.92 Å². The summed E-state index contributed by atoms with van der Waals surface area (Å²) >= 11 is 0. The Morgan fingerprint density at radius 3 is 2.52 bits per heavy atom. The van der Waals surface area contributed by atoms with Crippen LogP contribution in [0.4, 0.5) is 4.79 Å². The minimum absolute atomic E-state index is 0.128. The van der Waals surface area contributed by atoms with E-state index in [-0.39, 0.29) is 18.6 Å². The number of rotatable bonds is 4. The third kappa shape index (κ3) is 5.10. The molecule has 5 nitrogen and oxygen atoms in total. The van der Waals surface area contributed by atoms with Crippen molar-refractivity contribution in [2.75, 3.05) is 19.6 Å². The molecule has 1 aromatic rings. The van der Waals surface area contributed by atoms with E-state index in [0.717, 1.165) is 31.5 Å². The number of ether oxygens (including phenoxy) is 1. The van der Waals surface area contributed by atoms with E-state index in [1.165, 1.54) is 0 Å². The standard InChI is InChI=1S/C16H22N2O3/c1-13(19)18-9-7-14(8-10-18)11-17-16(20)21-12-15-5-3-2-4-6-15/h2-6,14H,7-12H2,1H3,(H,17,20). The van der Waals surface area contributed by atoms with E-state index in [1.807, 2.05) is 35.2 Å². The quantitative estimate of drug-likeness (QED) is 0.924. The molecule has 1 saturated heterocycles. The number of nitrogens with zero attached hydrogens (tertiary/aromatic N) is 1. The van der Waals surface area contributed by atoms with Gasteiger partial charge in [0.1, 0.15) is 6.61 Å². The van der Waals surface area contributed by atoms with Gasteiger partial charge in [-0.05, 0) is 24.3 Å². The van der Waals surface area contributed by atoms with E-state index in [9.17, 15) is 9.59 Å². The molecule has 1 aliphatic heterocycles. The molecule has 1 aromatic carbocycles. The van der Waals surface area contributed by atoms with Gasteiger partial charge in [0.15, 0.2) is 0 Å². The van der Waals surface area contributed by atoms with E-state index in [4.69, 9.17) is 4.74 Å². The summed E-state index contributed by atoms with van der Waals surface area (Å²) in [4.78, 5) is 24.7. The molecular weight excluding hydrogens is 268 g/mol. The number of carbonyl (C=O) groups excluding carboxylic acids is 2. The lowest BCUT2D eigenvalue weighted by atomic mass is 9.97. The maximum atomic E-state index is 11.6. The van der Waals surface area contributed by atoms with Crippen LogP contribution in [-0.2, 0) is 16.1 Å². The number of benzene rings is 1. The molecule has 0 bridgehead atoms. The first-order chi connectivity index (χ1) is 10.1. The molecule has 0 unspecified atom stereocenters. The van der Waals surface area contributed by atoms with Gasteiger partial charge in [-0.2, -0.15) is 0 Å². The molecule has 114 valence electrons. The van der Waals surface area contributed by atoms with Crippen molar-refractivity contribution < 1.29 is 14.3 Å². The summed E-state index contributed by atoms with van der Waals surface area (Å²) in [6.07, 6.45) is 1.48. The highest BCUT2D eigenvalue weighted by Gasteiger charge is 2.21. The van der Waals surface area contributed by atoms with Gasteiger partial charge in [0.2, 0.25) is 5.91 Å². The van der Waals surface area contributed by atoms with Gasteiger partial charge in [0.25, 0.3) is 0 Å². The van der Waals surface area contributed by atoms with Crippen molar-refractivity contribution in [1.82, 2.24) is 10.2 Å². The number of nitrogens with one attached hydrogen (secondary N) is 1. The van der Waals surface area contributed by atoms with Crippen LogP contribution < -0.4 is 5.32 Å². The minimum atomic E-state index is -0.382. The monoisotopic (exact) mass is 290 g/mol. The smallest absolute Gasteiger partial charge is 0.407 e. The summed E-state index contributed by atoms with van der Waals surface area (Å²) < 4.78 is 5.16. The summed E-state index contributed by atoms with van der Waals surface area (Å²) in [7, 11) is 0. The number of carbonyl (C=O) groups is 2. The summed E-state index contributed by atoms with van der Waals surface area (Å²) in [5.74, 6) is 0.550. The Kier molecular flexibility index (Phi) is 5.60. The van der Waals surface area contributed by atoms with Gasteiger partial charge in [0.05, 0.1) is 0 Å². The Bertz CT molecular complexity index is 468. The van der Waals surface area contributed by atoms with Gasteiger partial charge in [-0.1, -0.05) is 30.3 Å². The summed E-state index contributed by atoms with van der Waals surface area (Å²) in [5.41, 5.74) is 0.974. The number of piperidine rings is 1. The van der Waals surface area contributed by atoms with Crippen LogP contribution >= 0.6 is 0 Å². The lowest BCUT2D eigenvalue weighted by Gasteiger charge is -2.31. The molecule has 0 radical (unpaired) electrons. The predicted octanol–water partition coefficient (Wildman–Crippen LogP) is 2.17. The van der Waals surface area contributed by atoms with Crippen LogP contribution in [0.2, 0.25) is 0 Å². The molecule has 0 aromatic heterocycles. The van der Waals surface area contributed by atoms with Crippen molar-refractivity contribution in [1.29, 1.82) is 0 Å². The van der Waals surface area contributed by atoms with E-state index >= 15 is 0 Å². The molecule has 5 heteroatoms. The zero-order valence-electron chi connectivity index (χ0n) is 12.4. The molecule has 1 aliphatic rings. The van der Waals surface area contributed by atoms with Crippen molar-refractivity contribution in [3.8, 4) is 0 Å². The summed E-state index contributed by atoms with van der Waals surface area (Å²) in [5, 5.41) is 2.80. The molecule has 0 aliphatic carbocycles. The summed E-state index contributed by atoms with van der Waals surface area (Å²) in [6, 6.07) is 9.60. The van der Waals surface area contributed by atoms with Gasteiger partial charge in [-0.25, -0.2) is 4.79 Å². The largest absolute Gasteiger partial charge is 0.445 e. The number of likely N-dealkylation sites (tertiary alicyclic amines) is 1. The van der Waals surface area contributed by atoms with E-state index < -0.39 is 0 Å². The summed E-state index contributed by atoms with van der Waals surface area (Å²) in [6.45, 7) is 4.05. The fourth-order valence-corrected chi connectivity index (χ4v) is 2.45. The third-order valence-corrected chi connectivity index (χ3v) is 3.81. The predicted molar refractivity (Wildman–Crippen MR) is 79.6 cm³/mol. The first-order valence-electron chi connectivity index (χ1n) is 7.35. The topological polar surface area (TPSA) is 58.6 Å². The lowest BCUT2D eigenvalue weighted by Crippen LogP contribution is -2.40. The second-order valence-corrected chi connectivity index (χ2v) is 5.39. The van der Waals surface area contributed by atoms with Gasteiger partial charge < -0.3 is 15.0 Å². The molecule has 1 heterocycles. The van der Waals surface area contributed by atoms with Gasteiger partial charge in [-0.3, -0.25) is 4.79 Å². The van der Waals surface area contributed by atoms with E-state index in [1.54, 1.807) is 6.92 Å². The normalized spacial score (nSPS) is 15.6. The second-order valence-electron chi connectivity index (χ2n) is 5.39. The Morgan fingerprint density at radius 1 is 1.24 bits per heavy atom. The average Bonchev–Trinajstić information content (AvgIpc) is 2.52. The molecule has 1 fully saturated rings. The molecule has 0 atom stereocenters. The number of hydrogen-bond donors (Lipinski definition) is 1.